The molecule has 2 aromatic carbocycles. The maximum Gasteiger partial charge on any atom is 0.189 e. The summed E-state index contributed by atoms with van der Waals surface area (Å²) in [7, 11) is 1.91. The molecule has 3 nitrogen and oxygen atoms in total. The Balaban J connectivity index is 1.77. The molecule has 0 bridgehead atoms. The second-order valence-electron chi connectivity index (χ2n) is 6.50. The Morgan fingerprint density at radius 3 is 1.73 bits per heavy atom. The van der Waals surface area contributed by atoms with Crippen LogP contribution in [-0.4, -0.2) is 11.6 Å². The lowest BCUT2D eigenvalue weighted by molar-refractivity contribution is -0.685. The lowest BCUT2D eigenvalue weighted by Crippen LogP contribution is -2.40. The maximum absolute atomic E-state index is 12.6. The number of hydrogen-bond donors (Lipinski definition) is 0. The van der Waals surface area contributed by atoms with Crippen LogP contribution in [-0.2, 0) is 19.9 Å². The molecular weight excluding hydrogens is 322 g/mol. The van der Waals surface area contributed by atoms with Crippen molar-refractivity contribution in [1.29, 1.82) is 0 Å². The summed E-state index contributed by atoms with van der Waals surface area (Å²) in [4.78, 5) is 25.0. The van der Waals surface area contributed by atoms with Gasteiger partial charge in [0.15, 0.2) is 23.0 Å². The fourth-order valence-corrected chi connectivity index (χ4v) is 2.93. The average Bonchev–Trinajstić information content (AvgIpc) is 2.66. The van der Waals surface area contributed by atoms with Crippen LogP contribution >= 0.6 is 0 Å². The molecule has 0 aliphatic rings. The molecule has 0 aliphatic heterocycles. The van der Waals surface area contributed by atoms with E-state index in [4.69, 9.17) is 0 Å². The third kappa shape index (κ3) is 4.12. The highest BCUT2D eigenvalue weighted by molar-refractivity contribution is 5.97. The summed E-state index contributed by atoms with van der Waals surface area (Å²) in [5.74, 6) is 0.148. The minimum absolute atomic E-state index is 0.0724. The summed E-state index contributed by atoms with van der Waals surface area (Å²) in [6.07, 6.45) is 0.625. The number of ketones is 2. The number of hydrogen-bond acceptors (Lipinski definition) is 2. The normalized spacial score (nSPS) is 10.5. The number of aryl methyl sites for hydroxylation is 1. The maximum atomic E-state index is 12.6. The molecule has 0 fully saturated rings. The van der Waals surface area contributed by atoms with E-state index in [-0.39, 0.29) is 11.6 Å². The largest absolute Gasteiger partial charge is 0.294 e. The van der Waals surface area contributed by atoms with Crippen LogP contribution in [0.4, 0.5) is 0 Å². The van der Waals surface area contributed by atoms with Gasteiger partial charge in [0.05, 0.1) is 12.8 Å². The van der Waals surface area contributed by atoms with Gasteiger partial charge in [-0.15, -0.1) is 0 Å². The molecule has 0 saturated carbocycles. The molecule has 0 aliphatic carbocycles. The van der Waals surface area contributed by atoms with Crippen molar-refractivity contribution in [2.75, 3.05) is 0 Å². The lowest BCUT2D eigenvalue weighted by atomic mass is 10.0. The fraction of sp³-hybridized carbons (Fsp3) is 0.174. The second-order valence-corrected chi connectivity index (χ2v) is 6.50. The van der Waals surface area contributed by atoms with Crippen molar-refractivity contribution in [2.45, 2.75) is 19.8 Å². The number of aromatic nitrogens is 1. The molecule has 0 saturated heterocycles. The third-order valence-electron chi connectivity index (χ3n) is 4.59. The highest BCUT2D eigenvalue weighted by Gasteiger charge is 2.19. The third-order valence-corrected chi connectivity index (χ3v) is 4.59. The SMILES string of the molecule is Cc1ccc(C(=O)Cc2cccc(CC(=O)c3ccccc3)[n+]2C)cc1. The first kappa shape index (κ1) is 17.7. The predicted octanol–water partition coefficient (Wildman–Crippen LogP) is 3.67. The van der Waals surface area contributed by atoms with E-state index >= 15 is 0 Å². The summed E-state index contributed by atoms with van der Waals surface area (Å²) in [6.45, 7) is 2.00. The average molecular weight is 344 g/mol. The molecule has 0 unspecified atom stereocenters. The number of carbonyl (C=O) groups is 2. The minimum Gasteiger partial charge on any atom is -0.294 e. The molecule has 3 rings (SSSR count). The molecule has 130 valence electrons. The zero-order valence-electron chi connectivity index (χ0n) is 15.1. The van der Waals surface area contributed by atoms with Crippen molar-refractivity contribution in [1.82, 2.24) is 0 Å². The van der Waals surface area contributed by atoms with Gasteiger partial charge in [-0.05, 0) is 13.0 Å². The first-order valence-corrected chi connectivity index (χ1v) is 8.69. The van der Waals surface area contributed by atoms with Crippen molar-refractivity contribution in [3.8, 4) is 0 Å². The fourth-order valence-electron chi connectivity index (χ4n) is 2.93. The molecule has 0 amide bonds. The molecule has 3 aromatic rings. The van der Waals surface area contributed by atoms with E-state index in [9.17, 15) is 9.59 Å². The zero-order chi connectivity index (χ0) is 18.5. The van der Waals surface area contributed by atoms with Gasteiger partial charge in [0.2, 0.25) is 0 Å². The zero-order valence-corrected chi connectivity index (χ0v) is 15.1. The van der Waals surface area contributed by atoms with Crippen LogP contribution in [0.2, 0.25) is 0 Å². The van der Waals surface area contributed by atoms with E-state index in [2.05, 4.69) is 0 Å². The van der Waals surface area contributed by atoms with Crippen molar-refractivity contribution in [3.05, 3.63) is 101 Å². The number of benzene rings is 2. The van der Waals surface area contributed by atoms with E-state index in [1.165, 1.54) is 0 Å². The van der Waals surface area contributed by atoms with E-state index in [1.807, 2.05) is 91.3 Å². The van der Waals surface area contributed by atoms with Crippen LogP contribution in [0, 0.1) is 6.92 Å². The topological polar surface area (TPSA) is 38.0 Å². The monoisotopic (exact) mass is 344 g/mol. The molecule has 0 atom stereocenters. The summed E-state index contributed by atoms with van der Waals surface area (Å²) in [5.41, 5.74) is 4.34. The van der Waals surface area contributed by atoms with Gasteiger partial charge in [-0.3, -0.25) is 9.59 Å². The van der Waals surface area contributed by atoms with E-state index < -0.39 is 0 Å². The van der Waals surface area contributed by atoms with Gasteiger partial charge in [0.1, 0.15) is 7.05 Å². The molecule has 3 heteroatoms. The van der Waals surface area contributed by atoms with Crippen LogP contribution in [0.1, 0.15) is 37.7 Å². The predicted molar refractivity (Wildman–Crippen MR) is 101 cm³/mol. The number of pyridine rings is 1. The minimum atomic E-state index is 0.0724. The van der Waals surface area contributed by atoms with Crippen molar-refractivity contribution >= 4 is 11.6 Å². The Morgan fingerprint density at radius 1 is 0.692 bits per heavy atom. The van der Waals surface area contributed by atoms with Crippen LogP contribution < -0.4 is 4.57 Å². The lowest BCUT2D eigenvalue weighted by Gasteiger charge is -2.06. The molecule has 0 radical (unpaired) electrons. The smallest absolute Gasteiger partial charge is 0.189 e. The van der Waals surface area contributed by atoms with E-state index in [0.717, 1.165) is 17.0 Å². The molecule has 0 N–H and O–H groups in total. The Kier molecular flexibility index (Phi) is 5.37. The van der Waals surface area contributed by atoms with E-state index in [0.29, 0.717) is 24.0 Å². The quantitative estimate of drug-likeness (QED) is 0.505. The van der Waals surface area contributed by atoms with Gasteiger partial charge in [-0.2, -0.15) is 0 Å². The first-order chi connectivity index (χ1) is 12.5. The summed E-state index contributed by atoms with van der Waals surface area (Å²) in [5, 5.41) is 0. The van der Waals surface area contributed by atoms with Crippen LogP contribution in [0.15, 0.2) is 72.8 Å². The second kappa shape index (κ2) is 7.87. The molecule has 26 heavy (non-hydrogen) atoms. The summed E-state index contributed by atoms with van der Waals surface area (Å²) >= 11 is 0. The standard InChI is InChI=1S/C23H22NO2/c1-17-11-13-19(14-12-17)23(26)16-21-10-6-9-20(24(21)2)15-22(25)18-7-4-3-5-8-18/h3-14H,15-16H2,1-2H3/q+1. The van der Waals surface area contributed by atoms with Crippen LogP contribution in [0.25, 0.3) is 0 Å². The Labute approximate surface area is 153 Å². The number of carbonyl (C=O) groups excluding carboxylic acids is 2. The summed E-state index contributed by atoms with van der Waals surface area (Å²) < 4.78 is 1.95. The first-order valence-electron chi connectivity index (χ1n) is 8.69. The van der Waals surface area contributed by atoms with Gasteiger partial charge in [-0.25, -0.2) is 4.57 Å². The van der Waals surface area contributed by atoms with Crippen molar-refractivity contribution < 1.29 is 14.2 Å². The van der Waals surface area contributed by atoms with Crippen molar-refractivity contribution in [3.63, 3.8) is 0 Å². The van der Waals surface area contributed by atoms with Gasteiger partial charge < -0.3 is 0 Å². The Morgan fingerprint density at radius 2 is 1.19 bits per heavy atom. The highest BCUT2D eigenvalue weighted by Crippen LogP contribution is 2.09. The molecular formula is C23H22NO2+. The van der Waals surface area contributed by atoms with Crippen LogP contribution in [0.3, 0.4) is 0 Å². The van der Waals surface area contributed by atoms with Crippen LogP contribution in [0.5, 0.6) is 0 Å². The van der Waals surface area contributed by atoms with Gasteiger partial charge in [0, 0.05) is 23.3 Å². The molecule has 1 heterocycles. The molecule has 1 aromatic heterocycles. The number of nitrogens with zero attached hydrogens (tertiary/aromatic N) is 1. The van der Waals surface area contributed by atoms with E-state index in [1.54, 1.807) is 0 Å². The van der Waals surface area contributed by atoms with Gasteiger partial charge in [0.25, 0.3) is 0 Å². The number of rotatable bonds is 6. The summed E-state index contributed by atoms with van der Waals surface area (Å²) in [6, 6.07) is 22.7. The Hall–Kier alpha value is -3.07. The van der Waals surface area contributed by atoms with Gasteiger partial charge in [-0.1, -0.05) is 60.2 Å². The highest BCUT2D eigenvalue weighted by atomic mass is 16.1. The Bertz CT molecular complexity index is 928. The number of Topliss-reactive ketones (excluding diaryl/α,β-unsaturated/α-hetero) is 2. The van der Waals surface area contributed by atoms with Crippen molar-refractivity contribution in [2.24, 2.45) is 7.05 Å². The molecule has 0 spiro atoms. The van der Waals surface area contributed by atoms with Gasteiger partial charge >= 0.3 is 0 Å².